The van der Waals surface area contributed by atoms with Crippen LogP contribution in [0.1, 0.15) is 18.4 Å². The summed E-state index contributed by atoms with van der Waals surface area (Å²) in [5.41, 5.74) is 2.03. The highest BCUT2D eigenvalue weighted by Crippen LogP contribution is 2.29. The molecule has 196 valence electrons. The second kappa shape index (κ2) is 12.0. The number of nitrogens with zero attached hydrogens (tertiary/aromatic N) is 5. The molecule has 37 heavy (non-hydrogen) atoms. The van der Waals surface area contributed by atoms with Gasteiger partial charge in [-0.1, -0.05) is 11.6 Å². The molecule has 0 radical (unpaired) electrons. The topological polar surface area (TPSA) is 140 Å². The Morgan fingerprint density at radius 1 is 0.973 bits per heavy atom. The van der Waals surface area contributed by atoms with Crippen LogP contribution in [0.4, 0.5) is 5.95 Å². The van der Waals surface area contributed by atoms with E-state index in [9.17, 15) is 23.7 Å². The number of anilines is 1. The summed E-state index contributed by atoms with van der Waals surface area (Å²) in [6.45, 7) is -0.135. The van der Waals surface area contributed by atoms with Crippen molar-refractivity contribution in [3.63, 3.8) is 0 Å². The van der Waals surface area contributed by atoms with Gasteiger partial charge >= 0.3 is 0 Å². The highest BCUT2D eigenvalue weighted by Gasteiger charge is 2.39. The molecular formula is C25H28ClN5O5S. The van der Waals surface area contributed by atoms with Gasteiger partial charge in [0.2, 0.25) is 16.0 Å². The zero-order valence-electron chi connectivity index (χ0n) is 19.9. The molecule has 3 aromatic rings. The van der Waals surface area contributed by atoms with Gasteiger partial charge in [0.15, 0.2) is 0 Å². The van der Waals surface area contributed by atoms with Gasteiger partial charge in [-0.15, -0.1) is 0 Å². The van der Waals surface area contributed by atoms with Gasteiger partial charge in [-0.05, 0) is 54.8 Å². The smallest absolute Gasteiger partial charge is 0.236 e. The van der Waals surface area contributed by atoms with Gasteiger partial charge in [0.25, 0.3) is 0 Å². The van der Waals surface area contributed by atoms with Crippen molar-refractivity contribution in [3.8, 4) is 16.9 Å². The quantitative estimate of drug-likeness (QED) is 0.370. The average molecular weight is 546 g/mol. The van der Waals surface area contributed by atoms with Crippen LogP contribution in [0.15, 0.2) is 60.5 Å². The predicted octanol–water partition coefficient (Wildman–Crippen LogP) is 2.52. The van der Waals surface area contributed by atoms with Gasteiger partial charge in [0.05, 0.1) is 0 Å². The third-order valence-electron chi connectivity index (χ3n) is 6.19. The van der Waals surface area contributed by atoms with Crippen LogP contribution < -0.4 is 4.90 Å². The van der Waals surface area contributed by atoms with Crippen LogP contribution in [0.2, 0.25) is 5.02 Å². The van der Waals surface area contributed by atoms with E-state index in [1.807, 2.05) is 17.0 Å². The van der Waals surface area contributed by atoms with Gasteiger partial charge in [-0.3, -0.25) is 4.98 Å². The fourth-order valence-corrected chi connectivity index (χ4v) is 5.78. The fraction of sp³-hybridized carbons (Fsp3) is 0.320. The largest absolute Gasteiger partial charge is 0.507 e. The Morgan fingerprint density at radius 2 is 1.59 bits per heavy atom. The molecule has 0 aliphatic carbocycles. The van der Waals surface area contributed by atoms with Crippen LogP contribution in [0.5, 0.6) is 5.75 Å². The third kappa shape index (κ3) is 6.43. The number of hydrogen-bond acceptors (Lipinski definition) is 9. The van der Waals surface area contributed by atoms with Crippen LogP contribution >= 0.6 is 11.6 Å². The Hall–Kier alpha value is -3.09. The van der Waals surface area contributed by atoms with E-state index >= 15 is 0 Å². The number of aromatic nitrogens is 3. The first-order valence-electron chi connectivity index (χ1n) is 11.7. The molecule has 1 aliphatic heterocycles. The molecule has 10 nitrogen and oxygen atoms in total. The number of sulfonamides is 1. The summed E-state index contributed by atoms with van der Waals surface area (Å²) in [4.78, 5) is 15.0. The number of piperazine rings is 1. The Kier molecular flexibility index (Phi) is 8.72. The summed E-state index contributed by atoms with van der Waals surface area (Å²) in [7, 11) is -3.89. The van der Waals surface area contributed by atoms with E-state index in [1.54, 1.807) is 30.9 Å². The number of rotatable bonds is 9. The number of phenols is 1. The maximum absolute atomic E-state index is 13.2. The molecule has 3 heterocycles. The predicted molar refractivity (Wildman–Crippen MR) is 141 cm³/mol. The van der Waals surface area contributed by atoms with Gasteiger partial charge in [0, 0.05) is 84.7 Å². The molecule has 0 saturated carbocycles. The zero-order valence-corrected chi connectivity index (χ0v) is 21.5. The van der Waals surface area contributed by atoms with Gasteiger partial charge in [-0.25, -0.2) is 18.4 Å². The monoisotopic (exact) mass is 545 g/mol. The molecule has 2 atom stereocenters. The van der Waals surface area contributed by atoms with Crippen molar-refractivity contribution in [2.45, 2.75) is 24.9 Å². The van der Waals surface area contributed by atoms with Crippen LogP contribution in [0.25, 0.3) is 17.2 Å². The number of hydrogen-bond donors (Lipinski definition) is 3. The molecule has 3 N–H and O–H groups in total. The lowest BCUT2D eigenvalue weighted by atomic mass is 10.0. The van der Waals surface area contributed by atoms with Crippen LogP contribution in [-0.2, 0) is 10.0 Å². The normalized spacial score (nSPS) is 18.9. The number of aromatic hydroxyl groups is 1. The van der Waals surface area contributed by atoms with Crippen molar-refractivity contribution < 1.29 is 23.7 Å². The van der Waals surface area contributed by atoms with E-state index in [0.29, 0.717) is 16.5 Å². The molecule has 4 rings (SSSR count). The van der Waals surface area contributed by atoms with Crippen LogP contribution in [-0.4, -0.2) is 81.4 Å². The van der Waals surface area contributed by atoms with Crippen molar-refractivity contribution in [3.05, 3.63) is 71.1 Å². The van der Waals surface area contributed by atoms with Gasteiger partial charge in [-0.2, -0.15) is 4.31 Å². The Labute approximate surface area is 220 Å². The Bertz CT molecular complexity index is 1310. The SMILES string of the molecule is O=S(=O)(C=Cc1ccc(Cl)cc1O)N1CC(CCO)N(c2ncc(-c3ccncc3)cn2)C(CCO)C1. The first-order chi connectivity index (χ1) is 17.8. The molecule has 0 bridgehead atoms. The van der Waals surface area contributed by atoms with E-state index < -0.39 is 22.1 Å². The lowest BCUT2D eigenvalue weighted by Gasteiger charge is -2.46. The standard InChI is InChI=1S/C25H28ClN5O5S/c26-21-2-1-19(24(34)13-21)7-12-37(35,36)30-16-22(5-10-32)31(23(17-30)6-11-33)25-28-14-20(15-29-25)18-3-8-27-9-4-18/h1-4,7-9,12-15,22-23,32-34H,5-6,10-11,16-17H2. The molecule has 1 aromatic carbocycles. The molecule has 12 heteroatoms. The Morgan fingerprint density at radius 3 is 2.16 bits per heavy atom. The number of pyridine rings is 1. The molecule has 2 unspecified atom stereocenters. The summed E-state index contributed by atoms with van der Waals surface area (Å²) >= 11 is 5.86. The molecular weight excluding hydrogens is 518 g/mol. The minimum Gasteiger partial charge on any atom is -0.507 e. The number of halogens is 1. The molecule has 2 aromatic heterocycles. The summed E-state index contributed by atoms with van der Waals surface area (Å²) < 4.78 is 27.8. The number of aliphatic hydroxyl groups excluding tert-OH is 2. The third-order valence-corrected chi connectivity index (χ3v) is 7.93. The van der Waals surface area contributed by atoms with Crippen molar-refractivity contribution >= 4 is 33.6 Å². The van der Waals surface area contributed by atoms with Crippen molar-refractivity contribution in [1.82, 2.24) is 19.3 Å². The molecule has 0 amide bonds. The molecule has 0 spiro atoms. The van der Waals surface area contributed by atoms with E-state index in [4.69, 9.17) is 11.6 Å². The zero-order chi connectivity index (χ0) is 26.4. The number of benzene rings is 1. The molecule has 1 aliphatic rings. The minimum atomic E-state index is -3.89. The maximum atomic E-state index is 13.2. The van der Waals surface area contributed by atoms with E-state index in [0.717, 1.165) is 16.5 Å². The van der Waals surface area contributed by atoms with Crippen molar-refractivity contribution in [1.29, 1.82) is 0 Å². The van der Waals surface area contributed by atoms with E-state index in [2.05, 4.69) is 15.0 Å². The number of phenolic OH excluding ortho intramolecular Hbond substituents is 1. The highest BCUT2D eigenvalue weighted by molar-refractivity contribution is 7.92. The minimum absolute atomic E-state index is 0.0945. The van der Waals surface area contributed by atoms with Gasteiger partial charge < -0.3 is 20.2 Å². The van der Waals surface area contributed by atoms with Crippen LogP contribution in [0.3, 0.4) is 0 Å². The van der Waals surface area contributed by atoms with Crippen molar-refractivity contribution in [2.75, 3.05) is 31.2 Å². The lowest BCUT2D eigenvalue weighted by molar-refractivity contribution is 0.202. The molecule has 1 saturated heterocycles. The lowest BCUT2D eigenvalue weighted by Crippen LogP contribution is -2.60. The second-order valence-electron chi connectivity index (χ2n) is 8.61. The maximum Gasteiger partial charge on any atom is 0.236 e. The first kappa shape index (κ1) is 27.0. The summed E-state index contributed by atoms with van der Waals surface area (Å²) in [5, 5.41) is 30.9. The first-order valence-corrected chi connectivity index (χ1v) is 13.6. The number of aliphatic hydroxyl groups is 2. The van der Waals surface area contributed by atoms with Gasteiger partial charge in [0.1, 0.15) is 5.75 Å². The summed E-state index contributed by atoms with van der Waals surface area (Å²) in [6.07, 6.45) is 8.62. The van der Waals surface area contributed by atoms with Crippen molar-refractivity contribution in [2.24, 2.45) is 0 Å². The average Bonchev–Trinajstić information content (AvgIpc) is 2.89. The summed E-state index contributed by atoms with van der Waals surface area (Å²) in [6, 6.07) is 7.27. The second-order valence-corrected chi connectivity index (χ2v) is 10.9. The van der Waals surface area contributed by atoms with E-state index in [-0.39, 0.29) is 44.9 Å². The summed E-state index contributed by atoms with van der Waals surface area (Å²) in [5.74, 6) is 0.265. The van der Waals surface area contributed by atoms with E-state index in [1.165, 1.54) is 22.5 Å². The fourth-order valence-electron chi connectivity index (χ4n) is 4.36. The Balaban J connectivity index is 1.60. The van der Waals surface area contributed by atoms with Crippen LogP contribution in [0, 0.1) is 0 Å². The highest BCUT2D eigenvalue weighted by atomic mass is 35.5. The molecule has 1 fully saturated rings.